The Balaban J connectivity index is 0.000000954. The third-order valence-electron chi connectivity index (χ3n) is 4.65. The van der Waals surface area contributed by atoms with E-state index in [0.717, 1.165) is 48.7 Å². The Kier molecular flexibility index (Phi) is 14.4. The molecule has 1 amide bonds. The maximum absolute atomic E-state index is 10.5. The van der Waals surface area contributed by atoms with Crippen LogP contribution in [0.25, 0.3) is 5.70 Å². The van der Waals surface area contributed by atoms with Crippen molar-refractivity contribution in [2.75, 3.05) is 37.3 Å². The summed E-state index contributed by atoms with van der Waals surface area (Å²) >= 11 is 0. The van der Waals surface area contributed by atoms with Crippen LogP contribution in [-0.4, -0.2) is 44.0 Å². The zero-order valence-electron chi connectivity index (χ0n) is 20.5. The van der Waals surface area contributed by atoms with E-state index >= 15 is 0 Å². The molecule has 0 saturated heterocycles. The van der Waals surface area contributed by atoms with Crippen LogP contribution in [0, 0.1) is 0 Å². The summed E-state index contributed by atoms with van der Waals surface area (Å²) in [5, 5.41) is 2.74. The van der Waals surface area contributed by atoms with Crippen molar-refractivity contribution in [3.05, 3.63) is 42.5 Å². The van der Waals surface area contributed by atoms with Gasteiger partial charge in [0.15, 0.2) is 0 Å². The van der Waals surface area contributed by atoms with Gasteiger partial charge in [-0.1, -0.05) is 26.5 Å². The van der Waals surface area contributed by atoms with Crippen molar-refractivity contribution in [1.29, 1.82) is 0 Å². The number of nitrogens with zero attached hydrogens (tertiary/aromatic N) is 3. The Morgan fingerprint density at radius 2 is 1.87 bits per heavy atom. The van der Waals surface area contributed by atoms with Crippen molar-refractivity contribution >= 4 is 34.4 Å². The molecule has 0 saturated carbocycles. The topological polar surface area (TPSA) is 83.1 Å². The number of hydrogen-bond acceptors (Lipinski definition) is 5. The summed E-state index contributed by atoms with van der Waals surface area (Å²) in [5.74, 6) is 0.145. The van der Waals surface area contributed by atoms with Gasteiger partial charge in [-0.2, -0.15) is 0 Å². The van der Waals surface area contributed by atoms with Gasteiger partial charge in [0.25, 0.3) is 0 Å². The second-order valence-corrected chi connectivity index (χ2v) is 6.90. The van der Waals surface area contributed by atoms with Gasteiger partial charge in [-0.05, 0) is 58.4 Å². The van der Waals surface area contributed by atoms with E-state index in [9.17, 15) is 4.79 Å². The predicted molar refractivity (Wildman–Crippen MR) is 138 cm³/mol. The first-order chi connectivity index (χ1) is 14.8. The number of nitrogens with two attached hydrogens (primary N) is 1. The monoisotopic (exact) mass is 427 g/mol. The van der Waals surface area contributed by atoms with Crippen molar-refractivity contribution < 1.29 is 4.79 Å². The fourth-order valence-corrected chi connectivity index (χ4v) is 2.70. The highest BCUT2D eigenvalue weighted by atomic mass is 16.1. The van der Waals surface area contributed by atoms with E-state index in [4.69, 9.17) is 5.73 Å². The second kappa shape index (κ2) is 15.9. The molecule has 0 unspecified atom stereocenters. The lowest BCUT2D eigenvalue weighted by Crippen LogP contribution is -2.22. The highest BCUT2D eigenvalue weighted by molar-refractivity contribution is 6.46. The number of anilines is 2. The summed E-state index contributed by atoms with van der Waals surface area (Å²) in [4.78, 5) is 21.5. The van der Waals surface area contributed by atoms with Crippen LogP contribution in [0.15, 0.2) is 46.9 Å². The van der Waals surface area contributed by atoms with Gasteiger partial charge in [0, 0.05) is 50.0 Å². The number of hydrogen-bond donors (Lipinski definition) is 2. The molecule has 31 heavy (non-hydrogen) atoms. The molecule has 0 radical (unpaired) electrons. The maximum Gasteiger partial charge on any atom is 0.219 e. The molecule has 1 rings (SSSR count). The van der Waals surface area contributed by atoms with Gasteiger partial charge in [-0.3, -0.25) is 9.79 Å². The number of benzene rings is 1. The summed E-state index contributed by atoms with van der Waals surface area (Å²) in [6.45, 7) is 18.8. The normalized spacial score (nSPS) is 11.7. The molecule has 172 valence electrons. The molecule has 6 nitrogen and oxygen atoms in total. The number of rotatable bonds is 10. The molecule has 1 aromatic rings. The van der Waals surface area contributed by atoms with Crippen LogP contribution < -0.4 is 16.0 Å². The number of allylic oxidation sites excluding steroid dienone is 2. The van der Waals surface area contributed by atoms with Crippen LogP contribution >= 0.6 is 0 Å². The number of carbonyl (C=O) groups excluding carboxylic acids is 1. The van der Waals surface area contributed by atoms with Crippen LogP contribution in [0.3, 0.4) is 0 Å². The molecule has 0 aliphatic rings. The Bertz CT molecular complexity index is 789. The lowest BCUT2D eigenvalue weighted by Gasteiger charge is -2.22. The highest BCUT2D eigenvalue weighted by Crippen LogP contribution is 2.27. The van der Waals surface area contributed by atoms with Gasteiger partial charge in [0.05, 0.1) is 17.1 Å². The average Bonchev–Trinajstić information content (AvgIpc) is 2.77. The summed E-state index contributed by atoms with van der Waals surface area (Å²) < 4.78 is 0. The molecule has 0 spiro atoms. The Hall–Kier alpha value is -2.89. The molecule has 0 fully saturated rings. The first kappa shape index (κ1) is 28.1. The van der Waals surface area contributed by atoms with E-state index < -0.39 is 0 Å². The average molecular weight is 428 g/mol. The van der Waals surface area contributed by atoms with Gasteiger partial charge >= 0.3 is 0 Å². The zero-order chi connectivity index (χ0) is 23.8. The van der Waals surface area contributed by atoms with Crippen molar-refractivity contribution in [3.8, 4) is 0 Å². The number of amides is 1. The van der Waals surface area contributed by atoms with Gasteiger partial charge in [-0.25, -0.2) is 4.99 Å². The van der Waals surface area contributed by atoms with Crippen LogP contribution in [0.1, 0.15) is 59.9 Å². The van der Waals surface area contributed by atoms with Crippen molar-refractivity contribution in [1.82, 2.24) is 5.32 Å². The molecule has 0 aliphatic heterocycles. The summed E-state index contributed by atoms with van der Waals surface area (Å²) in [6, 6.07) is 6.04. The fraction of sp³-hybridized carbons (Fsp3) is 0.480. The van der Waals surface area contributed by atoms with Crippen LogP contribution in [0.5, 0.6) is 0 Å². The lowest BCUT2D eigenvalue weighted by molar-refractivity contribution is -0.120. The number of nitrogens with one attached hydrogen (secondary N) is 1. The maximum atomic E-state index is 10.5. The first-order valence-electron chi connectivity index (χ1n) is 11.0. The molecular weight excluding hydrogens is 386 g/mol. The van der Waals surface area contributed by atoms with E-state index in [1.807, 2.05) is 52.0 Å². The third-order valence-corrected chi connectivity index (χ3v) is 4.65. The number of carbonyl (C=O) groups is 1. The molecule has 0 atom stereocenters. The SMILES string of the molecule is C=C(N=C(/C=C\C)C(C)=NC)c1ccc(N(CC)CC)cc1N.CCCNC(=O)CC. The van der Waals surface area contributed by atoms with Gasteiger partial charge in [0.2, 0.25) is 5.91 Å². The van der Waals surface area contributed by atoms with E-state index in [2.05, 4.69) is 46.7 Å². The van der Waals surface area contributed by atoms with Crippen LogP contribution in [0.4, 0.5) is 11.4 Å². The summed E-state index contributed by atoms with van der Waals surface area (Å²) in [6.07, 6.45) is 5.48. The Morgan fingerprint density at radius 3 is 2.32 bits per heavy atom. The Morgan fingerprint density at radius 1 is 1.23 bits per heavy atom. The minimum Gasteiger partial charge on any atom is -0.398 e. The molecule has 0 heterocycles. The quantitative estimate of drug-likeness (QED) is 0.402. The van der Waals surface area contributed by atoms with Crippen molar-refractivity contribution in [2.45, 2.75) is 54.4 Å². The van der Waals surface area contributed by atoms with E-state index in [0.29, 0.717) is 17.8 Å². The smallest absolute Gasteiger partial charge is 0.219 e. The molecule has 1 aromatic carbocycles. The highest BCUT2D eigenvalue weighted by Gasteiger charge is 2.09. The largest absolute Gasteiger partial charge is 0.398 e. The van der Waals surface area contributed by atoms with E-state index in [1.165, 1.54) is 0 Å². The third kappa shape index (κ3) is 10.1. The zero-order valence-corrected chi connectivity index (χ0v) is 20.5. The lowest BCUT2D eigenvalue weighted by atomic mass is 10.1. The van der Waals surface area contributed by atoms with Gasteiger partial charge < -0.3 is 16.0 Å². The molecule has 0 aromatic heterocycles. The van der Waals surface area contributed by atoms with Crippen LogP contribution in [-0.2, 0) is 4.79 Å². The molecular formula is C25H41N5O. The minimum absolute atomic E-state index is 0.145. The van der Waals surface area contributed by atoms with Crippen molar-refractivity contribution in [3.63, 3.8) is 0 Å². The standard InChI is InChI=1S/C19H28N4.C6H13NO/c1-7-10-19(15(5)21-6)22-14(4)17-12-11-16(13-18(17)20)23(8-2)9-3;1-3-5-7-6(8)4-2/h7,10-13H,4,8-9,20H2,1-3,5-6H3;3-5H2,1-2H3,(H,7,8)/b10-7-,21-15?,22-19?;. The number of nitrogen functional groups attached to an aromatic ring is 1. The molecule has 0 bridgehead atoms. The Labute approximate surface area is 189 Å². The molecule has 6 heteroatoms. The van der Waals surface area contributed by atoms with E-state index in [1.54, 1.807) is 7.05 Å². The summed E-state index contributed by atoms with van der Waals surface area (Å²) in [7, 11) is 1.75. The second-order valence-electron chi connectivity index (χ2n) is 6.90. The minimum atomic E-state index is 0.145. The first-order valence-corrected chi connectivity index (χ1v) is 11.0. The summed E-state index contributed by atoms with van der Waals surface area (Å²) in [5.41, 5.74) is 11.2. The fourth-order valence-electron chi connectivity index (χ4n) is 2.70. The van der Waals surface area contributed by atoms with Gasteiger partial charge in [-0.15, -0.1) is 0 Å². The van der Waals surface area contributed by atoms with E-state index in [-0.39, 0.29) is 5.91 Å². The molecule has 3 N–H and O–H groups in total. The number of aliphatic imine (C=N–C) groups is 2. The molecule has 0 aliphatic carbocycles. The van der Waals surface area contributed by atoms with Crippen molar-refractivity contribution in [2.24, 2.45) is 9.98 Å². The van der Waals surface area contributed by atoms with Gasteiger partial charge in [0.1, 0.15) is 0 Å². The predicted octanol–water partition coefficient (Wildman–Crippen LogP) is 5.12. The van der Waals surface area contributed by atoms with Crippen LogP contribution in [0.2, 0.25) is 0 Å².